The van der Waals surface area contributed by atoms with Gasteiger partial charge in [0, 0.05) is 29.2 Å². The molecule has 5 aromatic rings. The minimum absolute atomic E-state index is 0.0666. The van der Waals surface area contributed by atoms with Gasteiger partial charge in [0.15, 0.2) is 0 Å². The molecule has 8 heteroatoms. The van der Waals surface area contributed by atoms with Crippen LogP contribution in [-0.4, -0.2) is 44.8 Å². The number of benzene rings is 4. The standard InChI is InChI=1S/C35H31ClN4O3/c36-30-20-18-28(19-21-30)33-37-34(43-38-33)31-13-7-8-22-40(31)32(41)24-39(23-25-9-3-1-4-10-25)35(42)29-16-14-27(15-17-29)26-11-5-2-6-12-26/h1-6,9-12,14-21,31H,7-8,13,22-24H2. The summed E-state index contributed by atoms with van der Waals surface area (Å²) in [6.07, 6.45) is 2.52. The van der Waals surface area contributed by atoms with Gasteiger partial charge in [0.2, 0.25) is 17.6 Å². The number of halogens is 1. The second-order valence-electron chi connectivity index (χ2n) is 10.7. The molecule has 1 aliphatic heterocycles. The Balaban J connectivity index is 1.23. The van der Waals surface area contributed by atoms with Gasteiger partial charge in [-0.05, 0) is 72.4 Å². The fraction of sp³-hybridized carbons (Fsp3) is 0.200. The molecule has 1 atom stereocenters. The molecular weight excluding hydrogens is 560 g/mol. The number of piperidine rings is 1. The normalized spacial score (nSPS) is 14.8. The maximum absolute atomic E-state index is 13.9. The quantitative estimate of drug-likeness (QED) is 0.187. The molecule has 0 bridgehead atoms. The maximum atomic E-state index is 13.9. The molecule has 2 amide bonds. The fourth-order valence-electron chi connectivity index (χ4n) is 5.45. The van der Waals surface area contributed by atoms with Gasteiger partial charge in [0.25, 0.3) is 5.91 Å². The SMILES string of the molecule is O=C(c1ccc(-c2ccccc2)cc1)N(CC(=O)N1CCCCC1c1nc(-c2ccc(Cl)cc2)no1)Cc1ccccc1. The van der Waals surface area contributed by atoms with Gasteiger partial charge in [-0.1, -0.05) is 89.6 Å². The van der Waals surface area contributed by atoms with Crippen molar-refractivity contribution in [1.29, 1.82) is 0 Å². The molecule has 1 fully saturated rings. The summed E-state index contributed by atoms with van der Waals surface area (Å²) >= 11 is 6.03. The van der Waals surface area contributed by atoms with Crippen LogP contribution in [0.15, 0.2) is 114 Å². The highest BCUT2D eigenvalue weighted by Gasteiger charge is 2.34. The molecule has 1 unspecified atom stereocenters. The Bertz CT molecular complexity index is 1670. The lowest BCUT2D eigenvalue weighted by molar-refractivity contribution is -0.136. The molecule has 0 saturated carbocycles. The molecule has 4 aromatic carbocycles. The Hall–Kier alpha value is -4.75. The summed E-state index contributed by atoms with van der Waals surface area (Å²) in [7, 11) is 0. The predicted octanol–water partition coefficient (Wildman–Crippen LogP) is 7.45. The zero-order valence-electron chi connectivity index (χ0n) is 23.6. The van der Waals surface area contributed by atoms with Crippen molar-refractivity contribution in [2.75, 3.05) is 13.1 Å². The van der Waals surface area contributed by atoms with Crippen molar-refractivity contribution in [3.05, 3.63) is 131 Å². The minimum Gasteiger partial charge on any atom is -0.337 e. The molecule has 6 rings (SSSR count). The van der Waals surface area contributed by atoms with Crippen LogP contribution in [0.5, 0.6) is 0 Å². The van der Waals surface area contributed by atoms with E-state index in [1.54, 1.807) is 21.9 Å². The summed E-state index contributed by atoms with van der Waals surface area (Å²) in [5.74, 6) is 0.495. The third-order valence-corrected chi connectivity index (χ3v) is 7.97. The monoisotopic (exact) mass is 590 g/mol. The van der Waals surface area contributed by atoms with Crippen molar-refractivity contribution >= 4 is 23.4 Å². The van der Waals surface area contributed by atoms with E-state index in [4.69, 9.17) is 16.1 Å². The Kier molecular flexibility index (Phi) is 8.61. The van der Waals surface area contributed by atoms with Gasteiger partial charge in [-0.3, -0.25) is 9.59 Å². The number of likely N-dealkylation sites (tertiary alicyclic amines) is 1. The van der Waals surface area contributed by atoms with E-state index < -0.39 is 0 Å². The van der Waals surface area contributed by atoms with Crippen LogP contribution in [0, 0.1) is 0 Å². The fourth-order valence-corrected chi connectivity index (χ4v) is 5.58. The highest BCUT2D eigenvalue weighted by molar-refractivity contribution is 6.30. The van der Waals surface area contributed by atoms with E-state index in [0.29, 0.717) is 41.8 Å². The van der Waals surface area contributed by atoms with E-state index in [1.165, 1.54) is 0 Å². The molecule has 1 saturated heterocycles. The van der Waals surface area contributed by atoms with Crippen molar-refractivity contribution in [2.24, 2.45) is 0 Å². The number of rotatable bonds is 8. The molecule has 0 spiro atoms. The number of aromatic nitrogens is 2. The van der Waals surface area contributed by atoms with Crippen LogP contribution in [0.3, 0.4) is 0 Å². The van der Waals surface area contributed by atoms with E-state index in [1.807, 2.05) is 97.1 Å². The average molecular weight is 591 g/mol. The summed E-state index contributed by atoms with van der Waals surface area (Å²) in [6, 6.07) is 34.2. The van der Waals surface area contributed by atoms with Crippen LogP contribution in [0.4, 0.5) is 0 Å². The number of hydrogen-bond donors (Lipinski definition) is 0. The number of amides is 2. The number of carbonyl (C=O) groups is 2. The summed E-state index contributed by atoms with van der Waals surface area (Å²) in [4.78, 5) is 35.8. The third-order valence-electron chi connectivity index (χ3n) is 7.72. The highest BCUT2D eigenvalue weighted by atomic mass is 35.5. The maximum Gasteiger partial charge on any atom is 0.254 e. The van der Waals surface area contributed by atoms with E-state index in [-0.39, 0.29) is 24.4 Å². The second-order valence-corrected chi connectivity index (χ2v) is 11.1. The van der Waals surface area contributed by atoms with Gasteiger partial charge in [-0.15, -0.1) is 0 Å². The van der Waals surface area contributed by atoms with Crippen LogP contribution in [0.1, 0.15) is 47.1 Å². The van der Waals surface area contributed by atoms with Gasteiger partial charge in [0.1, 0.15) is 12.6 Å². The Morgan fingerprint density at radius 2 is 1.47 bits per heavy atom. The molecule has 7 nitrogen and oxygen atoms in total. The van der Waals surface area contributed by atoms with E-state index in [0.717, 1.165) is 35.1 Å². The van der Waals surface area contributed by atoms with Crippen LogP contribution < -0.4 is 0 Å². The summed E-state index contributed by atoms with van der Waals surface area (Å²) in [5.41, 5.74) is 4.36. The van der Waals surface area contributed by atoms with Crippen LogP contribution in [0.25, 0.3) is 22.5 Å². The Labute approximate surface area is 255 Å². The first-order valence-corrected chi connectivity index (χ1v) is 14.8. The molecular formula is C35H31ClN4O3. The average Bonchev–Trinajstić information content (AvgIpc) is 3.56. The van der Waals surface area contributed by atoms with Gasteiger partial charge in [-0.25, -0.2) is 0 Å². The Morgan fingerprint density at radius 3 is 2.19 bits per heavy atom. The highest BCUT2D eigenvalue weighted by Crippen LogP contribution is 2.32. The third kappa shape index (κ3) is 6.68. The molecule has 0 N–H and O–H groups in total. The topological polar surface area (TPSA) is 79.5 Å². The lowest BCUT2D eigenvalue weighted by atomic mass is 10.0. The first-order chi connectivity index (χ1) is 21.0. The molecule has 1 aliphatic rings. The zero-order chi connectivity index (χ0) is 29.6. The summed E-state index contributed by atoms with van der Waals surface area (Å²) < 4.78 is 5.67. The first-order valence-electron chi connectivity index (χ1n) is 14.4. The van der Waals surface area contributed by atoms with E-state index >= 15 is 0 Å². The van der Waals surface area contributed by atoms with Crippen LogP contribution >= 0.6 is 11.6 Å². The van der Waals surface area contributed by atoms with Gasteiger partial charge in [-0.2, -0.15) is 4.98 Å². The van der Waals surface area contributed by atoms with Gasteiger partial charge < -0.3 is 14.3 Å². The van der Waals surface area contributed by atoms with Gasteiger partial charge in [0.05, 0.1) is 0 Å². The van der Waals surface area contributed by atoms with Crippen molar-refractivity contribution in [2.45, 2.75) is 31.8 Å². The molecule has 43 heavy (non-hydrogen) atoms. The largest absolute Gasteiger partial charge is 0.337 e. The van der Waals surface area contributed by atoms with Crippen LogP contribution in [-0.2, 0) is 11.3 Å². The van der Waals surface area contributed by atoms with Crippen molar-refractivity contribution in [3.63, 3.8) is 0 Å². The molecule has 0 radical (unpaired) electrons. The molecule has 0 aliphatic carbocycles. The lowest BCUT2D eigenvalue weighted by Gasteiger charge is -2.35. The van der Waals surface area contributed by atoms with Crippen molar-refractivity contribution in [1.82, 2.24) is 19.9 Å². The smallest absolute Gasteiger partial charge is 0.254 e. The van der Waals surface area contributed by atoms with Crippen LogP contribution in [0.2, 0.25) is 5.02 Å². The predicted molar refractivity (Wildman–Crippen MR) is 166 cm³/mol. The lowest BCUT2D eigenvalue weighted by Crippen LogP contribution is -2.45. The summed E-state index contributed by atoms with van der Waals surface area (Å²) in [5, 5.41) is 4.79. The summed E-state index contributed by atoms with van der Waals surface area (Å²) in [6.45, 7) is 0.801. The number of hydrogen-bond acceptors (Lipinski definition) is 5. The second kappa shape index (κ2) is 13.0. The van der Waals surface area contributed by atoms with Crippen molar-refractivity contribution in [3.8, 4) is 22.5 Å². The van der Waals surface area contributed by atoms with E-state index in [2.05, 4.69) is 10.1 Å². The van der Waals surface area contributed by atoms with Crippen molar-refractivity contribution < 1.29 is 14.1 Å². The molecule has 2 heterocycles. The van der Waals surface area contributed by atoms with E-state index in [9.17, 15) is 9.59 Å². The first kappa shape index (κ1) is 28.4. The Morgan fingerprint density at radius 1 is 0.814 bits per heavy atom. The number of nitrogens with zero attached hydrogens (tertiary/aromatic N) is 4. The molecule has 216 valence electrons. The van der Waals surface area contributed by atoms with Gasteiger partial charge >= 0.3 is 0 Å². The minimum atomic E-state index is -0.353. The molecule has 1 aromatic heterocycles. The zero-order valence-corrected chi connectivity index (χ0v) is 24.4. The number of carbonyl (C=O) groups excluding carboxylic acids is 2.